The molecule has 9 aromatic rings. The number of rotatable bonds is 27. The normalized spacial score (nSPS) is 12.3. The molecule has 18 nitrogen and oxygen atoms in total. The summed E-state index contributed by atoms with van der Waals surface area (Å²) in [4.78, 5) is 92.4. The second-order valence-electron chi connectivity index (χ2n) is 20.4. The van der Waals surface area contributed by atoms with Gasteiger partial charge in [-0.2, -0.15) is 0 Å². The number of carbonyl (C=O) groups excluding carboxylic acids is 6. The Morgan fingerprint density at radius 3 is 0.904 bits per heavy atom. The molecule has 0 bridgehead atoms. The number of anilines is 3. The molecule has 0 saturated carbocycles. The van der Waals surface area contributed by atoms with Gasteiger partial charge in [-0.15, -0.1) is 12.4 Å². The number of aromatic amines is 3. The Morgan fingerprint density at radius 1 is 0.361 bits per heavy atom. The summed E-state index contributed by atoms with van der Waals surface area (Å²) in [5.41, 5.74) is 25.4. The number of hydrogen-bond acceptors (Lipinski definition) is 9. The number of hydrogen-bond donors (Lipinski definition) is 12. The Morgan fingerprint density at radius 2 is 0.639 bits per heavy atom. The number of H-pyrrole nitrogens is 3. The zero-order valence-corrected chi connectivity index (χ0v) is 46.8. The molecular formula is C64H71ClN12O6. The van der Waals surface area contributed by atoms with E-state index in [1.54, 1.807) is 55.0 Å². The van der Waals surface area contributed by atoms with Gasteiger partial charge in [0.1, 0.15) is 18.1 Å². The summed E-state index contributed by atoms with van der Waals surface area (Å²) in [6, 6.07) is 41.6. The van der Waals surface area contributed by atoms with E-state index in [1.807, 2.05) is 109 Å². The zero-order valence-electron chi connectivity index (χ0n) is 46.0. The van der Waals surface area contributed by atoms with E-state index in [1.165, 1.54) is 0 Å². The van der Waals surface area contributed by atoms with Crippen molar-refractivity contribution in [3.05, 3.63) is 198 Å². The van der Waals surface area contributed by atoms with E-state index >= 15 is 0 Å². The molecule has 3 aromatic heterocycles. The van der Waals surface area contributed by atoms with Crippen molar-refractivity contribution in [3.8, 4) is 0 Å². The molecule has 6 aromatic carbocycles. The minimum absolute atomic E-state index is 0. The van der Waals surface area contributed by atoms with E-state index in [4.69, 9.17) is 17.2 Å². The number of unbranched alkanes of at least 4 members (excludes halogenated alkanes) is 3. The minimum atomic E-state index is -0.840. The molecule has 0 aliphatic rings. The summed E-state index contributed by atoms with van der Waals surface area (Å²) in [5.74, 6) is -2.59. The third-order valence-electron chi connectivity index (χ3n) is 14.8. The third-order valence-corrected chi connectivity index (χ3v) is 14.8. The van der Waals surface area contributed by atoms with Crippen LogP contribution in [0.5, 0.6) is 0 Å². The summed E-state index contributed by atoms with van der Waals surface area (Å²) in [6.07, 6.45) is 10.4. The van der Waals surface area contributed by atoms with E-state index < -0.39 is 24.0 Å². The minimum Gasteiger partial charge on any atom is -0.361 e. The molecule has 9 rings (SSSR count). The van der Waals surface area contributed by atoms with E-state index in [0.29, 0.717) is 111 Å². The van der Waals surface area contributed by atoms with Crippen molar-refractivity contribution in [2.45, 2.75) is 81.8 Å². The highest BCUT2D eigenvalue weighted by Gasteiger charge is 2.27. The first-order chi connectivity index (χ1) is 40.0. The molecule has 0 unspecified atom stereocenters. The maximum Gasteiger partial charge on any atom is 0.252 e. The lowest BCUT2D eigenvalue weighted by Gasteiger charge is -2.22. The first kappa shape index (κ1) is 60.0. The summed E-state index contributed by atoms with van der Waals surface area (Å²) in [5, 5.41) is 20.2. The van der Waals surface area contributed by atoms with E-state index in [9.17, 15) is 28.8 Å². The molecule has 0 saturated heterocycles. The van der Waals surface area contributed by atoms with Crippen LogP contribution in [-0.4, -0.2) is 88.2 Å². The van der Waals surface area contributed by atoms with Crippen LogP contribution >= 0.6 is 12.4 Å². The van der Waals surface area contributed by atoms with Crippen molar-refractivity contribution in [2.75, 3.05) is 35.6 Å². The molecule has 430 valence electrons. The average molecular weight is 1140 g/mol. The molecule has 83 heavy (non-hydrogen) atoms. The summed E-state index contributed by atoms with van der Waals surface area (Å²) in [7, 11) is 0. The van der Waals surface area contributed by atoms with Crippen LogP contribution in [0.2, 0.25) is 0 Å². The fourth-order valence-corrected chi connectivity index (χ4v) is 10.4. The molecule has 15 N–H and O–H groups in total. The standard InChI is InChI=1S/C64H70N12O6.ClH/c65-34-4-1-13-55(74-59(77)49-10-7-16-52-46(49)31-37-68-52)62(80)71-43-25-19-40(20-26-43)58(41-21-27-44(28-22-41)72-63(81)56(14-2-5-35-66)75-60(78)50-11-8-17-53-47(50)32-38-69-53)42-23-29-45(30-24-42)73-64(82)57(15-3-6-36-67)76-61(79)51-12-9-18-54-48(51)33-39-70-54;/h7-12,16-33,37-39,55-58,68-70H,1-6,13-15,34-36,65-67H2,(H,71,80)(H,72,81)(H,73,82)(H,74,77)(H,75,78)(H,76,79);1H/t55-,56-,57-;/m1./s1. The topological polar surface area (TPSA) is 300 Å². The number of nitrogens with two attached hydrogens (primary N) is 3. The van der Waals surface area contributed by atoms with Crippen LogP contribution in [0.25, 0.3) is 32.7 Å². The fraction of sp³-hybridized carbons (Fsp3) is 0.250. The van der Waals surface area contributed by atoms with Crippen molar-refractivity contribution in [3.63, 3.8) is 0 Å². The van der Waals surface area contributed by atoms with Crippen LogP contribution in [0.3, 0.4) is 0 Å². The van der Waals surface area contributed by atoms with Crippen molar-refractivity contribution in [1.29, 1.82) is 0 Å². The average Bonchev–Trinajstić information content (AvgIpc) is 4.48. The Bertz CT molecular complexity index is 3270. The highest BCUT2D eigenvalue weighted by atomic mass is 35.5. The molecule has 19 heteroatoms. The second-order valence-corrected chi connectivity index (χ2v) is 20.4. The first-order valence-electron chi connectivity index (χ1n) is 28.0. The number of fused-ring (bicyclic) bond motifs is 3. The van der Waals surface area contributed by atoms with Crippen LogP contribution in [0.15, 0.2) is 164 Å². The first-order valence-corrected chi connectivity index (χ1v) is 28.0. The van der Waals surface area contributed by atoms with Gasteiger partial charge in [-0.05, 0) is 185 Å². The number of aromatic nitrogens is 3. The van der Waals surface area contributed by atoms with Crippen LogP contribution in [0, 0.1) is 0 Å². The Balaban J connectivity index is 0.00000900. The highest BCUT2D eigenvalue weighted by molar-refractivity contribution is 6.10. The second kappa shape index (κ2) is 29.1. The Hall–Kier alpha value is -9.07. The summed E-state index contributed by atoms with van der Waals surface area (Å²) < 4.78 is 0. The van der Waals surface area contributed by atoms with Gasteiger partial charge in [0.05, 0.1) is 0 Å². The summed E-state index contributed by atoms with van der Waals surface area (Å²) >= 11 is 0. The predicted octanol–water partition coefficient (Wildman–Crippen LogP) is 9.33. The fourth-order valence-electron chi connectivity index (χ4n) is 10.4. The molecule has 0 aliphatic carbocycles. The van der Waals surface area contributed by atoms with Gasteiger partial charge in [-0.1, -0.05) is 54.6 Å². The number of carbonyl (C=O) groups is 6. The SMILES string of the molecule is Cl.NCCCC[C@@H](NC(=O)c1cccc2[nH]ccc12)C(=O)Nc1ccc(C(c2ccc(NC(=O)[C@@H](CCCCN)NC(=O)c3cccc4[nH]ccc34)cc2)c2ccc(NC(=O)[C@@H](CCCCN)NC(=O)c3cccc4[nH]ccc34)cc2)cc1. The highest BCUT2D eigenvalue weighted by Crippen LogP contribution is 2.34. The van der Waals surface area contributed by atoms with Gasteiger partial charge in [0, 0.05) is 91.0 Å². The van der Waals surface area contributed by atoms with Gasteiger partial charge in [0.25, 0.3) is 17.7 Å². The van der Waals surface area contributed by atoms with E-state index in [2.05, 4.69) is 46.9 Å². The smallest absolute Gasteiger partial charge is 0.252 e. The molecule has 0 radical (unpaired) electrons. The number of benzene rings is 6. The molecular weight excluding hydrogens is 1070 g/mol. The van der Waals surface area contributed by atoms with Crippen molar-refractivity contribution in [2.24, 2.45) is 17.2 Å². The molecule has 0 spiro atoms. The van der Waals surface area contributed by atoms with Gasteiger partial charge in [0.15, 0.2) is 0 Å². The van der Waals surface area contributed by atoms with Crippen molar-refractivity contribution >= 4 is 97.6 Å². The lowest BCUT2D eigenvalue weighted by molar-refractivity contribution is -0.118. The van der Waals surface area contributed by atoms with Crippen LogP contribution in [-0.2, 0) is 14.4 Å². The largest absolute Gasteiger partial charge is 0.361 e. The maximum absolute atomic E-state index is 14.0. The van der Waals surface area contributed by atoms with Crippen LogP contribution in [0.4, 0.5) is 17.1 Å². The monoisotopic (exact) mass is 1140 g/mol. The molecule has 6 amide bonds. The molecule has 0 aliphatic heterocycles. The number of amides is 6. The number of halogens is 1. The predicted molar refractivity (Wildman–Crippen MR) is 331 cm³/mol. The van der Waals surface area contributed by atoms with Gasteiger partial charge in [0.2, 0.25) is 17.7 Å². The maximum atomic E-state index is 14.0. The van der Waals surface area contributed by atoms with Gasteiger partial charge < -0.3 is 64.1 Å². The van der Waals surface area contributed by atoms with Gasteiger partial charge >= 0.3 is 0 Å². The van der Waals surface area contributed by atoms with Crippen LogP contribution in [0.1, 0.15) is 111 Å². The summed E-state index contributed by atoms with van der Waals surface area (Å²) in [6.45, 7) is 1.36. The van der Waals surface area contributed by atoms with Gasteiger partial charge in [-0.3, -0.25) is 28.8 Å². The van der Waals surface area contributed by atoms with Crippen LogP contribution < -0.4 is 49.1 Å². The zero-order chi connectivity index (χ0) is 57.4. The molecule has 3 atom stereocenters. The molecule has 0 fully saturated rings. The quantitative estimate of drug-likeness (QED) is 0.0172. The lowest BCUT2D eigenvalue weighted by Crippen LogP contribution is -2.44. The third kappa shape index (κ3) is 15.1. The van der Waals surface area contributed by atoms with Crippen molar-refractivity contribution < 1.29 is 28.8 Å². The Kier molecular flexibility index (Phi) is 21.0. The molecule has 3 heterocycles. The van der Waals surface area contributed by atoms with Gasteiger partial charge in [-0.25, -0.2) is 0 Å². The lowest BCUT2D eigenvalue weighted by atomic mass is 9.85. The van der Waals surface area contributed by atoms with E-state index in [-0.39, 0.29) is 47.9 Å². The van der Waals surface area contributed by atoms with E-state index in [0.717, 1.165) is 49.4 Å². The number of nitrogens with one attached hydrogen (secondary N) is 9. The Labute approximate surface area is 487 Å². The van der Waals surface area contributed by atoms with Crippen molar-refractivity contribution in [1.82, 2.24) is 30.9 Å².